The number of non-ortho nitro benzene ring substituents is 1. The lowest BCUT2D eigenvalue weighted by atomic mass is 10.1. The van der Waals surface area contributed by atoms with Gasteiger partial charge in [0.25, 0.3) is 5.69 Å². The topological polar surface area (TPSA) is 90.9 Å². The molecule has 118 valence electrons. The molecular weight excluding hydrogens is 308 g/mol. The Morgan fingerprint density at radius 2 is 1.75 bits per heavy atom. The van der Waals surface area contributed by atoms with Gasteiger partial charge in [0, 0.05) is 23.3 Å². The van der Waals surface area contributed by atoms with Crippen LogP contribution in [0.5, 0.6) is 0 Å². The predicted molar refractivity (Wildman–Crippen MR) is 89.3 cm³/mol. The molecule has 0 saturated heterocycles. The summed E-state index contributed by atoms with van der Waals surface area (Å²) in [5.74, 6) is 0. The zero-order valence-corrected chi connectivity index (χ0v) is 12.5. The summed E-state index contributed by atoms with van der Waals surface area (Å²) >= 11 is 0. The molecule has 0 fully saturated rings. The minimum absolute atomic E-state index is 0.0376. The van der Waals surface area contributed by atoms with Crippen molar-refractivity contribution in [1.29, 1.82) is 0 Å². The van der Waals surface area contributed by atoms with Gasteiger partial charge in [0.1, 0.15) is 0 Å². The van der Waals surface area contributed by atoms with E-state index in [2.05, 4.69) is 16.7 Å². The van der Waals surface area contributed by atoms with Gasteiger partial charge in [-0.15, -0.1) is 0 Å². The monoisotopic (exact) mass is 320 g/mol. The predicted octanol–water partition coefficient (Wildman–Crippen LogP) is 2.73. The summed E-state index contributed by atoms with van der Waals surface area (Å²) in [5.41, 5.74) is 1.49. The first-order valence-corrected chi connectivity index (χ1v) is 7.02. The molecule has 1 aromatic heterocycles. The lowest BCUT2D eigenvalue weighted by Gasteiger charge is -2.08. The highest BCUT2D eigenvalue weighted by molar-refractivity contribution is 5.64. The minimum atomic E-state index is -0.570. The van der Waals surface area contributed by atoms with Gasteiger partial charge < -0.3 is 0 Å². The van der Waals surface area contributed by atoms with Gasteiger partial charge >= 0.3 is 5.69 Å². The lowest BCUT2D eigenvalue weighted by Crippen LogP contribution is -2.25. The van der Waals surface area contributed by atoms with Crippen molar-refractivity contribution in [2.24, 2.45) is 0 Å². The van der Waals surface area contributed by atoms with E-state index < -0.39 is 10.6 Å². The van der Waals surface area contributed by atoms with E-state index in [1.807, 2.05) is 30.3 Å². The van der Waals surface area contributed by atoms with Gasteiger partial charge in [0.2, 0.25) is 0 Å². The van der Waals surface area contributed by atoms with Crippen molar-refractivity contribution in [2.45, 2.75) is 0 Å². The average molecular weight is 320 g/mol. The van der Waals surface area contributed by atoms with Gasteiger partial charge in [-0.2, -0.15) is 14.8 Å². The van der Waals surface area contributed by atoms with E-state index in [4.69, 9.17) is 0 Å². The molecule has 0 saturated carbocycles. The van der Waals surface area contributed by atoms with E-state index in [-0.39, 0.29) is 5.69 Å². The molecule has 24 heavy (non-hydrogen) atoms. The van der Waals surface area contributed by atoms with Crippen LogP contribution in [-0.2, 0) is 0 Å². The fourth-order valence-corrected chi connectivity index (χ4v) is 2.17. The second kappa shape index (κ2) is 6.25. The quantitative estimate of drug-likeness (QED) is 0.544. The Morgan fingerprint density at radius 1 is 1.08 bits per heavy atom. The fraction of sp³-hybridized carbons (Fsp3) is 0. The number of hydrogen-bond acceptors (Lipinski definition) is 5. The molecule has 0 spiro atoms. The lowest BCUT2D eigenvalue weighted by molar-refractivity contribution is -0.384. The maximum atomic E-state index is 12.2. The van der Waals surface area contributed by atoms with E-state index in [9.17, 15) is 14.9 Å². The maximum Gasteiger partial charge on any atom is 0.369 e. The third kappa shape index (κ3) is 2.95. The van der Waals surface area contributed by atoms with Crippen LogP contribution in [0.2, 0.25) is 0 Å². The van der Waals surface area contributed by atoms with Crippen LogP contribution in [0.3, 0.4) is 0 Å². The summed E-state index contributed by atoms with van der Waals surface area (Å²) in [5, 5.41) is 14.8. The van der Waals surface area contributed by atoms with Crippen LogP contribution in [0, 0.1) is 10.1 Å². The number of nitro benzene ring substituents is 1. The number of aromatic nitrogens is 3. The van der Waals surface area contributed by atoms with E-state index in [0.29, 0.717) is 17.0 Å². The molecular formula is C17H12N4O3. The first-order valence-electron chi connectivity index (χ1n) is 7.02. The largest absolute Gasteiger partial charge is 0.369 e. The molecule has 0 aliphatic heterocycles. The van der Waals surface area contributed by atoms with E-state index >= 15 is 0 Å². The van der Waals surface area contributed by atoms with E-state index in [1.54, 1.807) is 0 Å². The van der Waals surface area contributed by atoms with Gasteiger partial charge in [0.15, 0.2) is 0 Å². The standard InChI is InChI=1S/C17H12N4O3/c1-12(13-7-9-15(10-8-13)21(23)24)20-17(22)19-16(11-18-20)14-5-3-2-4-6-14/h2-11H,1H2. The molecule has 0 unspecified atom stereocenters. The average Bonchev–Trinajstić information content (AvgIpc) is 2.62. The summed E-state index contributed by atoms with van der Waals surface area (Å²) in [6.07, 6.45) is 1.48. The van der Waals surface area contributed by atoms with Crippen LogP contribution in [0.25, 0.3) is 17.0 Å². The van der Waals surface area contributed by atoms with Crippen LogP contribution in [-0.4, -0.2) is 19.7 Å². The molecule has 1 heterocycles. The molecule has 0 atom stereocenters. The van der Waals surface area contributed by atoms with Crippen molar-refractivity contribution in [3.8, 4) is 11.3 Å². The van der Waals surface area contributed by atoms with E-state index in [0.717, 1.165) is 10.2 Å². The maximum absolute atomic E-state index is 12.2. The summed E-state index contributed by atoms with van der Waals surface area (Å²) in [4.78, 5) is 26.4. The summed E-state index contributed by atoms with van der Waals surface area (Å²) in [7, 11) is 0. The second-order valence-corrected chi connectivity index (χ2v) is 4.95. The third-order valence-corrected chi connectivity index (χ3v) is 3.43. The third-order valence-electron chi connectivity index (χ3n) is 3.43. The Bertz CT molecular complexity index is 963. The molecule has 0 bridgehead atoms. The second-order valence-electron chi connectivity index (χ2n) is 4.95. The van der Waals surface area contributed by atoms with Crippen molar-refractivity contribution in [3.63, 3.8) is 0 Å². The van der Waals surface area contributed by atoms with Crippen molar-refractivity contribution in [1.82, 2.24) is 14.8 Å². The Kier molecular flexibility index (Phi) is 3.98. The number of benzene rings is 2. The first kappa shape index (κ1) is 15.3. The van der Waals surface area contributed by atoms with Crippen LogP contribution >= 0.6 is 0 Å². The van der Waals surface area contributed by atoms with Crippen molar-refractivity contribution < 1.29 is 4.92 Å². The minimum Gasteiger partial charge on any atom is -0.258 e. The molecule has 3 aromatic rings. The summed E-state index contributed by atoms with van der Waals surface area (Å²) < 4.78 is 1.06. The molecule has 0 amide bonds. The van der Waals surface area contributed by atoms with Crippen LogP contribution in [0.4, 0.5) is 5.69 Å². The van der Waals surface area contributed by atoms with Gasteiger partial charge in [-0.3, -0.25) is 10.1 Å². The number of hydrogen-bond donors (Lipinski definition) is 0. The molecule has 0 N–H and O–H groups in total. The van der Waals surface area contributed by atoms with Crippen LogP contribution < -0.4 is 5.69 Å². The zero-order chi connectivity index (χ0) is 17.1. The highest BCUT2D eigenvalue weighted by Gasteiger charge is 2.10. The summed E-state index contributed by atoms with van der Waals surface area (Å²) in [6, 6.07) is 14.9. The Balaban J connectivity index is 1.93. The molecule has 0 radical (unpaired) electrons. The molecule has 2 aromatic carbocycles. The Morgan fingerprint density at radius 3 is 2.33 bits per heavy atom. The molecule has 7 nitrogen and oxygen atoms in total. The van der Waals surface area contributed by atoms with Crippen molar-refractivity contribution in [2.75, 3.05) is 0 Å². The SMILES string of the molecule is C=C(c1ccc([N+](=O)[O-])cc1)n1ncc(-c2ccccc2)nc1=O. The number of nitro groups is 1. The molecule has 7 heteroatoms. The normalized spacial score (nSPS) is 10.3. The molecule has 3 rings (SSSR count). The van der Waals surface area contributed by atoms with Gasteiger partial charge in [-0.1, -0.05) is 36.9 Å². The van der Waals surface area contributed by atoms with Crippen molar-refractivity contribution >= 4 is 11.4 Å². The number of rotatable bonds is 4. The molecule has 0 aliphatic rings. The zero-order valence-electron chi connectivity index (χ0n) is 12.5. The van der Waals surface area contributed by atoms with Crippen LogP contribution in [0.15, 0.2) is 72.2 Å². The highest BCUT2D eigenvalue weighted by Crippen LogP contribution is 2.18. The van der Waals surface area contributed by atoms with Gasteiger partial charge in [-0.25, -0.2) is 4.79 Å². The Labute approximate surface area is 136 Å². The van der Waals surface area contributed by atoms with Crippen LogP contribution in [0.1, 0.15) is 5.56 Å². The first-order chi connectivity index (χ1) is 11.6. The highest BCUT2D eigenvalue weighted by atomic mass is 16.6. The van der Waals surface area contributed by atoms with Gasteiger partial charge in [-0.05, 0) is 12.1 Å². The molecule has 0 aliphatic carbocycles. The van der Waals surface area contributed by atoms with E-state index in [1.165, 1.54) is 30.5 Å². The fourth-order valence-electron chi connectivity index (χ4n) is 2.17. The van der Waals surface area contributed by atoms with Crippen molar-refractivity contribution in [3.05, 3.63) is 93.5 Å². The smallest absolute Gasteiger partial charge is 0.258 e. The summed E-state index contributed by atoms with van der Waals surface area (Å²) in [6.45, 7) is 3.82. The Hall–Kier alpha value is -3.61. The number of nitrogens with zero attached hydrogens (tertiary/aromatic N) is 4. The van der Waals surface area contributed by atoms with Gasteiger partial charge in [0.05, 0.1) is 22.5 Å².